The second-order valence-electron chi connectivity index (χ2n) is 4.93. The summed E-state index contributed by atoms with van der Waals surface area (Å²) in [5.74, 6) is 0.513. The second kappa shape index (κ2) is 4.89. The number of rotatable bonds is 3. The number of aryl methyl sites for hydroxylation is 1. The third-order valence-corrected chi connectivity index (χ3v) is 3.78. The van der Waals surface area contributed by atoms with Crippen molar-refractivity contribution in [2.45, 2.75) is 33.2 Å². The zero-order valence-corrected chi connectivity index (χ0v) is 10.9. The Balaban J connectivity index is 2.62. The Kier molecular flexibility index (Phi) is 3.49. The van der Waals surface area contributed by atoms with Gasteiger partial charge in [-0.1, -0.05) is 56.7 Å². The minimum absolute atomic E-state index is 0.131. The molecule has 0 heterocycles. The molecule has 0 aromatic heterocycles. The molecule has 0 aliphatic carbocycles. The predicted molar refractivity (Wildman–Crippen MR) is 75.1 cm³/mol. The molecule has 1 nitrogen and oxygen atoms in total. The van der Waals surface area contributed by atoms with Crippen LogP contribution < -0.4 is 5.73 Å². The molecular weight excluding hydrogens is 206 g/mol. The summed E-state index contributed by atoms with van der Waals surface area (Å²) in [6.45, 7) is 6.58. The SMILES string of the molecule is CCC(C)C(N)c1c(C)ccc2ccccc12. The lowest BCUT2D eigenvalue weighted by Gasteiger charge is -2.22. The quantitative estimate of drug-likeness (QED) is 0.835. The number of nitrogens with two attached hydrogens (primary N) is 1. The minimum Gasteiger partial charge on any atom is -0.324 e. The molecular formula is C16H21N. The monoisotopic (exact) mass is 227 g/mol. The standard InChI is InChI=1S/C16H21N/c1-4-11(2)16(17)15-12(3)9-10-13-7-5-6-8-14(13)15/h5-11,16H,4,17H2,1-3H3. The summed E-state index contributed by atoms with van der Waals surface area (Å²) in [4.78, 5) is 0. The largest absolute Gasteiger partial charge is 0.324 e. The fourth-order valence-corrected chi connectivity index (χ4v) is 2.39. The highest BCUT2D eigenvalue weighted by atomic mass is 14.6. The molecule has 1 heteroatoms. The molecule has 0 saturated carbocycles. The molecule has 0 bridgehead atoms. The first-order chi connectivity index (χ1) is 8.15. The molecule has 0 saturated heterocycles. The van der Waals surface area contributed by atoms with Gasteiger partial charge in [-0.15, -0.1) is 0 Å². The highest BCUT2D eigenvalue weighted by Gasteiger charge is 2.17. The highest BCUT2D eigenvalue weighted by molar-refractivity contribution is 5.87. The molecule has 2 atom stereocenters. The number of hydrogen-bond acceptors (Lipinski definition) is 1. The first kappa shape index (κ1) is 12.1. The van der Waals surface area contributed by atoms with E-state index < -0.39 is 0 Å². The van der Waals surface area contributed by atoms with E-state index >= 15 is 0 Å². The topological polar surface area (TPSA) is 26.0 Å². The summed E-state index contributed by atoms with van der Waals surface area (Å²) < 4.78 is 0. The first-order valence-corrected chi connectivity index (χ1v) is 6.39. The van der Waals surface area contributed by atoms with Crippen molar-refractivity contribution < 1.29 is 0 Å². The maximum absolute atomic E-state index is 6.42. The maximum atomic E-state index is 6.42. The lowest BCUT2D eigenvalue weighted by molar-refractivity contribution is 0.458. The molecule has 0 aliphatic rings. The molecule has 0 spiro atoms. The molecule has 2 rings (SSSR count). The van der Waals surface area contributed by atoms with Crippen LogP contribution >= 0.6 is 0 Å². The fraction of sp³-hybridized carbons (Fsp3) is 0.375. The van der Waals surface area contributed by atoms with E-state index in [-0.39, 0.29) is 6.04 Å². The molecule has 2 unspecified atom stereocenters. The number of fused-ring (bicyclic) bond motifs is 1. The van der Waals surface area contributed by atoms with E-state index in [4.69, 9.17) is 5.73 Å². The van der Waals surface area contributed by atoms with Gasteiger partial charge in [0.15, 0.2) is 0 Å². The summed E-state index contributed by atoms with van der Waals surface area (Å²) in [5, 5.41) is 2.59. The van der Waals surface area contributed by atoms with E-state index in [1.54, 1.807) is 0 Å². The first-order valence-electron chi connectivity index (χ1n) is 6.39. The van der Waals surface area contributed by atoms with Crippen LogP contribution in [0.25, 0.3) is 10.8 Å². The molecule has 2 aromatic carbocycles. The highest BCUT2D eigenvalue weighted by Crippen LogP contribution is 2.31. The van der Waals surface area contributed by atoms with E-state index in [0.29, 0.717) is 5.92 Å². The van der Waals surface area contributed by atoms with Gasteiger partial charge in [0.1, 0.15) is 0 Å². The summed E-state index contributed by atoms with van der Waals surface area (Å²) >= 11 is 0. The molecule has 2 aromatic rings. The van der Waals surface area contributed by atoms with Gasteiger partial charge in [0.05, 0.1) is 0 Å². The fourth-order valence-electron chi connectivity index (χ4n) is 2.39. The van der Waals surface area contributed by atoms with Crippen LogP contribution in [0.1, 0.15) is 37.4 Å². The van der Waals surface area contributed by atoms with E-state index in [1.165, 1.54) is 21.9 Å². The van der Waals surface area contributed by atoms with Crippen molar-refractivity contribution in [3.63, 3.8) is 0 Å². The van der Waals surface area contributed by atoms with Gasteiger partial charge in [-0.05, 0) is 34.7 Å². The average Bonchev–Trinajstić information content (AvgIpc) is 2.37. The van der Waals surface area contributed by atoms with Crippen LogP contribution in [-0.4, -0.2) is 0 Å². The maximum Gasteiger partial charge on any atom is 0.0329 e. The molecule has 0 fully saturated rings. The number of benzene rings is 2. The summed E-state index contributed by atoms with van der Waals surface area (Å²) in [7, 11) is 0. The Morgan fingerprint density at radius 1 is 1.12 bits per heavy atom. The van der Waals surface area contributed by atoms with Gasteiger partial charge in [-0.2, -0.15) is 0 Å². The molecule has 0 aliphatic heterocycles. The molecule has 17 heavy (non-hydrogen) atoms. The normalized spacial score (nSPS) is 14.8. The van der Waals surface area contributed by atoms with Crippen LogP contribution in [0.15, 0.2) is 36.4 Å². The molecule has 0 radical (unpaired) electrons. The Hall–Kier alpha value is -1.34. The molecule has 0 amide bonds. The summed E-state index contributed by atoms with van der Waals surface area (Å²) in [5.41, 5.74) is 9.04. The van der Waals surface area contributed by atoms with Gasteiger partial charge < -0.3 is 5.73 Å². The van der Waals surface area contributed by atoms with Gasteiger partial charge in [0, 0.05) is 6.04 Å². The van der Waals surface area contributed by atoms with Crippen LogP contribution in [0.2, 0.25) is 0 Å². The van der Waals surface area contributed by atoms with E-state index in [0.717, 1.165) is 6.42 Å². The Bertz CT molecular complexity index is 516. The van der Waals surface area contributed by atoms with Gasteiger partial charge in [0.25, 0.3) is 0 Å². The lowest BCUT2D eigenvalue weighted by atomic mass is 9.87. The average molecular weight is 227 g/mol. The van der Waals surface area contributed by atoms with Crippen molar-refractivity contribution in [1.29, 1.82) is 0 Å². The molecule has 90 valence electrons. The lowest BCUT2D eigenvalue weighted by Crippen LogP contribution is -2.19. The zero-order valence-electron chi connectivity index (χ0n) is 10.9. The van der Waals surface area contributed by atoms with E-state index in [1.807, 2.05) is 0 Å². The van der Waals surface area contributed by atoms with Crippen molar-refractivity contribution in [2.75, 3.05) is 0 Å². The van der Waals surface area contributed by atoms with Gasteiger partial charge in [-0.25, -0.2) is 0 Å². The van der Waals surface area contributed by atoms with Crippen molar-refractivity contribution in [3.8, 4) is 0 Å². The minimum atomic E-state index is 0.131. The van der Waals surface area contributed by atoms with Crippen LogP contribution in [0.4, 0.5) is 0 Å². The van der Waals surface area contributed by atoms with Crippen molar-refractivity contribution in [1.82, 2.24) is 0 Å². The third-order valence-electron chi connectivity index (χ3n) is 3.78. The molecule has 2 N–H and O–H groups in total. The Labute approximate surface area is 104 Å². The van der Waals surface area contributed by atoms with Crippen LogP contribution in [-0.2, 0) is 0 Å². The summed E-state index contributed by atoms with van der Waals surface area (Å²) in [6, 6.07) is 13.0. The van der Waals surface area contributed by atoms with Crippen LogP contribution in [0, 0.1) is 12.8 Å². The third kappa shape index (κ3) is 2.20. The van der Waals surface area contributed by atoms with Gasteiger partial charge in [-0.3, -0.25) is 0 Å². The van der Waals surface area contributed by atoms with E-state index in [9.17, 15) is 0 Å². The Morgan fingerprint density at radius 2 is 1.82 bits per heavy atom. The predicted octanol–water partition coefficient (Wildman–Crippen LogP) is 4.19. The van der Waals surface area contributed by atoms with Crippen molar-refractivity contribution >= 4 is 10.8 Å². The van der Waals surface area contributed by atoms with Crippen LogP contribution in [0.3, 0.4) is 0 Å². The second-order valence-corrected chi connectivity index (χ2v) is 4.93. The smallest absolute Gasteiger partial charge is 0.0329 e. The van der Waals surface area contributed by atoms with Crippen molar-refractivity contribution in [2.24, 2.45) is 11.7 Å². The van der Waals surface area contributed by atoms with E-state index in [2.05, 4.69) is 57.2 Å². The van der Waals surface area contributed by atoms with Crippen molar-refractivity contribution in [3.05, 3.63) is 47.5 Å². The van der Waals surface area contributed by atoms with Gasteiger partial charge >= 0.3 is 0 Å². The van der Waals surface area contributed by atoms with Crippen LogP contribution in [0.5, 0.6) is 0 Å². The van der Waals surface area contributed by atoms with Gasteiger partial charge in [0.2, 0.25) is 0 Å². The zero-order chi connectivity index (χ0) is 12.4. The Morgan fingerprint density at radius 3 is 2.53 bits per heavy atom. The number of hydrogen-bond donors (Lipinski definition) is 1. The summed E-state index contributed by atoms with van der Waals surface area (Å²) in [6.07, 6.45) is 1.11.